The van der Waals surface area contributed by atoms with E-state index in [2.05, 4.69) is 17.2 Å². The highest BCUT2D eigenvalue weighted by atomic mass is 32.1. The van der Waals surface area contributed by atoms with Crippen LogP contribution in [0.5, 0.6) is 0 Å². The van der Waals surface area contributed by atoms with Gasteiger partial charge >= 0.3 is 0 Å². The second kappa shape index (κ2) is 4.98. The van der Waals surface area contributed by atoms with Crippen molar-refractivity contribution in [2.45, 2.75) is 32.7 Å². The summed E-state index contributed by atoms with van der Waals surface area (Å²) in [5, 5.41) is 3.55. The average Bonchev–Trinajstić information content (AvgIpc) is 2.85. The van der Waals surface area contributed by atoms with Gasteiger partial charge in [-0.25, -0.2) is 4.98 Å². The molecule has 1 aromatic rings. The maximum Gasteiger partial charge on any atom is 0.233 e. The molecular formula is C12H17N3OS. The second-order valence-corrected chi connectivity index (χ2v) is 5.46. The molecule has 0 bridgehead atoms. The largest absolute Gasteiger partial charge is 0.324 e. The van der Waals surface area contributed by atoms with E-state index in [4.69, 9.17) is 5.73 Å². The molecule has 0 spiro atoms. The van der Waals surface area contributed by atoms with Crippen molar-refractivity contribution in [2.24, 2.45) is 11.7 Å². The van der Waals surface area contributed by atoms with E-state index in [1.54, 1.807) is 0 Å². The molecule has 0 aromatic carbocycles. The summed E-state index contributed by atoms with van der Waals surface area (Å²) in [6.45, 7) is 4.09. The van der Waals surface area contributed by atoms with Gasteiger partial charge in [-0.1, -0.05) is 19.1 Å². The smallest absolute Gasteiger partial charge is 0.233 e. The molecule has 1 aliphatic rings. The molecule has 0 saturated carbocycles. The summed E-state index contributed by atoms with van der Waals surface area (Å²) in [5.74, 6) is -0.120. The second-order valence-electron chi connectivity index (χ2n) is 4.26. The topological polar surface area (TPSA) is 68.0 Å². The van der Waals surface area contributed by atoms with Crippen molar-refractivity contribution < 1.29 is 4.79 Å². The van der Waals surface area contributed by atoms with E-state index in [-0.39, 0.29) is 17.9 Å². The van der Waals surface area contributed by atoms with Gasteiger partial charge in [-0.2, -0.15) is 0 Å². The average molecular weight is 251 g/mol. The fraction of sp³-hybridized carbons (Fsp3) is 0.500. The van der Waals surface area contributed by atoms with Crippen LogP contribution < -0.4 is 11.1 Å². The summed E-state index contributed by atoms with van der Waals surface area (Å²) in [6.07, 6.45) is 5.35. The molecule has 0 saturated heterocycles. The number of thiazole rings is 1. The van der Waals surface area contributed by atoms with Crippen molar-refractivity contribution in [3.05, 3.63) is 22.7 Å². The predicted molar refractivity (Wildman–Crippen MR) is 70.1 cm³/mol. The Morgan fingerprint density at radius 3 is 2.94 bits per heavy atom. The quantitative estimate of drug-likeness (QED) is 0.806. The van der Waals surface area contributed by atoms with Gasteiger partial charge in [0.1, 0.15) is 0 Å². The summed E-state index contributed by atoms with van der Waals surface area (Å²) >= 11 is 1.53. The molecule has 5 heteroatoms. The number of hydrogen-bond donors (Lipinski definition) is 2. The third kappa shape index (κ3) is 2.73. The van der Waals surface area contributed by atoms with E-state index in [0.717, 1.165) is 12.1 Å². The van der Waals surface area contributed by atoms with E-state index in [9.17, 15) is 4.79 Å². The van der Waals surface area contributed by atoms with Gasteiger partial charge in [0, 0.05) is 10.9 Å². The van der Waals surface area contributed by atoms with Crippen molar-refractivity contribution in [3.63, 3.8) is 0 Å². The number of hydrogen-bond acceptors (Lipinski definition) is 4. The highest BCUT2D eigenvalue weighted by Gasteiger charge is 2.23. The van der Waals surface area contributed by atoms with Gasteiger partial charge in [0.2, 0.25) is 5.91 Å². The van der Waals surface area contributed by atoms with Gasteiger partial charge < -0.3 is 11.1 Å². The molecule has 17 heavy (non-hydrogen) atoms. The van der Waals surface area contributed by atoms with Crippen molar-refractivity contribution in [3.8, 4) is 0 Å². The molecule has 92 valence electrons. The SMILES string of the molecule is CCc1nc(NC(=O)C2C=CC(N)C2)sc1C. The number of carbonyl (C=O) groups is 1. The lowest BCUT2D eigenvalue weighted by Gasteiger charge is -2.07. The number of rotatable bonds is 3. The first-order valence-corrected chi connectivity index (χ1v) is 6.63. The van der Waals surface area contributed by atoms with E-state index in [1.807, 2.05) is 19.1 Å². The number of nitrogens with two attached hydrogens (primary N) is 1. The molecule has 0 fully saturated rings. The molecule has 2 rings (SSSR count). The Morgan fingerprint density at radius 2 is 2.41 bits per heavy atom. The lowest BCUT2D eigenvalue weighted by Crippen LogP contribution is -2.23. The first-order valence-electron chi connectivity index (χ1n) is 5.81. The Hall–Kier alpha value is -1.20. The van der Waals surface area contributed by atoms with Crippen LogP contribution in [0, 0.1) is 12.8 Å². The number of aromatic nitrogens is 1. The predicted octanol–water partition coefficient (Wildman–Crippen LogP) is 1.86. The number of amides is 1. The van der Waals surface area contributed by atoms with Crippen LogP contribution in [-0.2, 0) is 11.2 Å². The third-order valence-electron chi connectivity index (χ3n) is 2.91. The monoisotopic (exact) mass is 251 g/mol. The van der Waals surface area contributed by atoms with Crippen molar-refractivity contribution in [1.29, 1.82) is 0 Å². The minimum absolute atomic E-state index is 0.00870. The zero-order valence-electron chi connectivity index (χ0n) is 10.1. The van der Waals surface area contributed by atoms with Gasteiger partial charge in [0.05, 0.1) is 11.6 Å². The summed E-state index contributed by atoms with van der Waals surface area (Å²) in [5.41, 5.74) is 6.79. The van der Waals surface area contributed by atoms with E-state index < -0.39 is 0 Å². The van der Waals surface area contributed by atoms with Crippen LogP contribution in [-0.4, -0.2) is 16.9 Å². The van der Waals surface area contributed by atoms with Gasteiger partial charge in [0.15, 0.2) is 5.13 Å². The van der Waals surface area contributed by atoms with Crippen LogP contribution in [0.15, 0.2) is 12.2 Å². The molecule has 0 radical (unpaired) electrons. The number of anilines is 1. The lowest BCUT2D eigenvalue weighted by molar-refractivity contribution is -0.118. The maximum atomic E-state index is 11.9. The molecule has 1 aliphatic carbocycles. The van der Waals surface area contributed by atoms with Crippen LogP contribution in [0.4, 0.5) is 5.13 Å². The Morgan fingerprint density at radius 1 is 1.65 bits per heavy atom. The highest BCUT2D eigenvalue weighted by molar-refractivity contribution is 7.15. The first-order chi connectivity index (χ1) is 8.10. The lowest BCUT2D eigenvalue weighted by atomic mass is 10.1. The molecule has 3 N–H and O–H groups in total. The van der Waals surface area contributed by atoms with Crippen LogP contribution in [0.2, 0.25) is 0 Å². The number of carbonyl (C=O) groups excluding carboxylic acids is 1. The molecule has 2 unspecified atom stereocenters. The molecule has 1 aromatic heterocycles. The summed E-state index contributed by atoms with van der Waals surface area (Å²) < 4.78 is 0. The minimum atomic E-state index is -0.112. The van der Waals surface area contributed by atoms with Crippen molar-refractivity contribution >= 4 is 22.4 Å². The summed E-state index contributed by atoms with van der Waals surface area (Å²) in [7, 11) is 0. The normalized spacial score (nSPS) is 23.0. The maximum absolute atomic E-state index is 11.9. The van der Waals surface area contributed by atoms with Gasteiger partial charge in [-0.3, -0.25) is 4.79 Å². The van der Waals surface area contributed by atoms with Crippen LogP contribution in [0.3, 0.4) is 0 Å². The Labute approximate surface area is 105 Å². The van der Waals surface area contributed by atoms with E-state index >= 15 is 0 Å². The number of nitrogens with zero attached hydrogens (tertiary/aromatic N) is 1. The van der Waals surface area contributed by atoms with Crippen LogP contribution in [0.1, 0.15) is 23.9 Å². The number of nitrogens with one attached hydrogen (secondary N) is 1. The van der Waals surface area contributed by atoms with Gasteiger partial charge in [-0.05, 0) is 19.8 Å². The molecule has 2 atom stereocenters. The molecule has 0 aliphatic heterocycles. The van der Waals surface area contributed by atoms with E-state index in [0.29, 0.717) is 11.6 Å². The minimum Gasteiger partial charge on any atom is -0.324 e. The molecular weight excluding hydrogens is 234 g/mol. The van der Waals surface area contributed by atoms with Gasteiger partial charge in [-0.15, -0.1) is 11.3 Å². The van der Waals surface area contributed by atoms with Crippen LogP contribution in [0.25, 0.3) is 0 Å². The van der Waals surface area contributed by atoms with Gasteiger partial charge in [0.25, 0.3) is 0 Å². The highest BCUT2D eigenvalue weighted by Crippen LogP contribution is 2.24. The first kappa shape index (κ1) is 12.3. The fourth-order valence-corrected chi connectivity index (χ4v) is 2.83. The molecule has 4 nitrogen and oxygen atoms in total. The zero-order valence-corrected chi connectivity index (χ0v) is 10.9. The Balaban J connectivity index is 2.01. The third-order valence-corrected chi connectivity index (χ3v) is 3.84. The fourth-order valence-electron chi connectivity index (χ4n) is 1.93. The van der Waals surface area contributed by atoms with Crippen LogP contribution >= 0.6 is 11.3 Å². The summed E-state index contributed by atoms with van der Waals surface area (Å²) in [6, 6.07) is 0.00924. The Bertz CT molecular complexity index is 453. The standard InChI is InChI=1S/C12H17N3OS/c1-3-10-7(2)17-12(14-10)15-11(16)8-4-5-9(13)6-8/h4-5,8-9H,3,6,13H2,1-2H3,(H,14,15,16). The molecule has 1 amide bonds. The van der Waals surface area contributed by atoms with E-state index in [1.165, 1.54) is 16.2 Å². The van der Waals surface area contributed by atoms with Crippen molar-refractivity contribution in [1.82, 2.24) is 4.98 Å². The Kier molecular flexibility index (Phi) is 3.59. The molecule has 1 heterocycles. The van der Waals surface area contributed by atoms with Crippen molar-refractivity contribution in [2.75, 3.05) is 5.32 Å². The zero-order chi connectivity index (χ0) is 12.4. The summed E-state index contributed by atoms with van der Waals surface area (Å²) in [4.78, 5) is 17.5. The number of aryl methyl sites for hydroxylation is 2.